The zero-order chi connectivity index (χ0) is 20.2. The topological polar surface area (TPSA) is 107 Å². The van der Waals surface area contributed by atoms with Gasteiger partial charge in [0.1, 0.15) is 0 Å². The lowest BCUT2D eigenvalue weighted by Crippen LogP contribution is -2.12. The van der Waals surface area contributed by atoms with Crippen molar-refractivity contribution >= 4 is 23.0 Å². The monoisotopic (exact) mass is 383 g/mol. The minimum absolute atomic E-state index is 0.0311. The Morgan fingerprint density at radius 2 is 1.89 bits per heavy atom. The number of nitrogen functional groups attached to an aromatic ring is 1. The van der Waals surface area contributed by atoms with Gasteiger partial charge in [0.05, 0.1) is 22.8 Å². The van der Waals surface area contributed by atoms with Crippen molar-refractivity contribution in [3.8, 4) is 0 Å². The molecule has 0 radical (unpaired) electrons. The molecule has 2 aromatic carbocycles. The van der Waals surface area contributed by atoms with Gasteiger partial charge in [0.15, 0.2) is 5.56 Å². The Balaban J connectivity index is 2.22. The summed E-state index contributed by atoms with van der Waals surface area (Å²) in [5.74, 6) is -0.906. The molecular weight excluding hydrogens is 367 g/mol. The maximum Gasteiger partial charge on any atom is 0.416 e. The maximum atomic E-state index is 12.6. The van der Waals surface area contributed by atoms with Gasteiger partial charge in [-0.05, 0) is 30.7 Å². The van der Waals surface area contributed by atoms with E-state index in [-0.39, 0.29) is 30.1 Å². The zero-order valence-corrected chi connectivity index (χ0v) is 14.2. The highest BCUT2D eigenvalue weighted by Gasteiger charge is 2.30. The standard InChI is InChI=1S/C17H16F3N3O4/c1-2-27-16(24)15-13(21)7-12(8-14(15)23(25)26)22-9-10-3-5-11(6-4-10)17(18,19)20/h3-8,22H,2,9,21H2,1H3. The lowest BCUT2D eigenvalue weighted by Gasteiger charge is -2.12. The fraction of sp³-hybridized carbons (Fsp3) is 0.235. The van der Waals surface area contributed by atoms with Crippen LogP contribution >= 0.6 is 0 Å². The van der Waals surface area contributed by atoms with E-state index in [0.29, 0.717) is 5.56 Å². The van der Waals surface area contributed by atoms with E-state index in [9.17, 15) is 28.1 Å². The second-order valence-corrected chi connectivity index (χ2v) is 5.49. The molecule has 0 aliphatic heterocycles. The number of alkyl halides is 3. The SMILES string of the molecule is CCOC(=O)c1c(N)cc(NCc2ccc(C(F)(F)F)cc2)cc1[N+](=O)[O-]. The van der Waals surface area contributed by atoms with Gasteiger partial charge in [-0.2, -0.15) is 13.2 Å². The molecule has 0 spiro atoms. The molecule has 0 unspecified atom stereocenters. The molecule has 0 saturated heterocycles. The van der Waals surface area contributed by atoms with E-state index in [1.165, 1.54) is 18.2 Å². The van der Waals surface area contributed by atoms with Crippen molar-refractivity contribution in [2.45, 2.75) is 19.6 Å². The summed E-state index contributed by atoms with van der Waals surface area (Å²) in [7, 11) is 0. The predicted molar refractivity (Wildman–Crippen MR) is 92.2 cm³/mol. The number of esters is 1. The molecule has 0 aliphatic rings. The number of nitrogens with zero attached hydrogens (tertiary/aromatic N) is 1. The number of benzene rings is 2. The van der Waals surface area contributed by atoms with Crippen LogP contribution in [-0.4, -0.2) is 17.5 Å². The fourth-order valence-corrected chi connectivity index (χ4v) is 2.34. The van der Waals surface area contributed by atoms with Crippen molar-refractivity contribution in [2.24, 2.45) is 0 Å². The van der Waals surface area contributed by atoms with Crippen LogP contribution in [0, 0.1) is 10.1 Å². The fourth-order valence-electron chi connectivity index (χ4n) is 2.34. The molecule has 10 heteroatoms. The molecule has 3 N–H and O–H groups in total. The Morgan fingerprint density at radius 1 is 1.26 bits per heavy atom. The van der Waals surface area contributed by atoms with Crippen molar-refractivity contribution < 1.29 is 27.6 Å². The molecule has 0 atom stereocenters. The van der Waals surface area contributed by atoms with E-state index < -0.39 is 28.3 Å². The predicted octanol–water partition coefficient (Wildman–Crippen LogP) is 3.98. The Labute approximate surface area is 152 Å². The van der Waals surface area contributed by atoms with Crippen LogP contribution in [0.25, 0.3) is 0 Å². The molecular formula is C17H16F3N3O4. The lowest BCUT2D eigenvalue weighted by atomic mass is 10.1. The van der Waals surface area contributed by atoms with E-state index in [4.69, 9.17) is 10.5 Å². The van der Waals surface area contributed by atoms with Crippen molar-refractivity contribution in [3.63, 3.8) is 0 Å². The van der Waals surface area contributed by atoms with Gasteiger partial charge >= 0.3 is 12.1 Å². The Bertz CT molecular complexity index is 852. The molecule has 0 aromatic heterocycles. The first-order valence-corrected chi connectivity index (χ1v) is 7.78. The number of nitrogens with one attached hydrogen (secondary N) is 1. The largest absolute Gasteiger partial charge is 0.462 e. The summed E-state index contributed by atoms with van der Waals surface area (Å²) in [5, 5.41) is 14.1. The van der Waals surface area contributed by atoms with E-state index in [2.05, 4.69) is 5.32 Å². The summed E-state index contributed by atoms with van der Waals surface area (Å²) in [6, 6.07) is 6.91. The third kappa shape index (κ3) is 4.87. The highest BCUT2D eigenvalue weighted by molar-refractivity contribution is 6.00. The van der Waals surface area contributed by atoms with Crippen LogP contribution in [0.3, 0.4) is 0 Å². The number of carbonyl (C=O) groups is 1. The minimum Gasteiger partial charge on any atom is -0.462 e. The van der Waals surface area contributed by atoms with Crippen LogP contribution in [0.5, 0.6) is 0 Å². The molecule has 2 rings (SSSR count). The number of hydrogen-bond donors (Lipinski definition) is 2. The molecule has 7 nitrogen and oxygen atoms in total. The molecule has 0 fully saturated rings. The van der Waals surface area contributed by atoms with Gasteiger partial charge in [0.25, 0.3) is 5.69 Å². The Kier molecular flexibility index (Phi) is 5.88. The van der Waals surface area contributed by atoms with Crippen molar-refractivity contribution in [1.29, 1.82) is 0 Å². The van der Waals surface area contributed by atoms with Gasteiger partial charge in [-0.3, -0.25) is 10.1 Å². The molecule has 0 aliphatic carbocycles. The molecule has 0 bridgehead atoms. The molecule has 27 heavy (non-hydrogen) atoms. The summed E-state index contributed by atoms with van der Waals surface area (Å²) in [6.45, 7) is 1.69. The van der Waals surface area contributed by atoms with Crippen molar-refractivity contribution in [1.82, 2.24) is 0 Å². The minimum atomic E-state index is -4.43. The molecule has 0 saturated carbocycles. The number of rotatable bonds is 6. The van der Waals surface area contributed by atoms with Gasteiger partial charge in [-0.1, -0.05) is 12.1 Å². The highest BCUT2D eigenvalue weighted by Crippen LogP contribution is 2.31. The number of halogens is 3. The molecule has 2 aromatic rings. The second kappa shape index (κ2) is 7.94. The third-order valence-electron chi connectivity index (χ3n) is 3.60. The first kappa shape index (κ1) is 20.0. The van der Waals surface area contributed by atoms with Gasteiger partial charge in [0, 0.05) is 18.3 Å². The van der Waals surface area contributed by atoms with Crippen molar-refractivity contribution in [2.75, 3.05) is 17.7 Å². The quantitative estimate of drug-likeness (QED) is 0.338. The molecule has 0 amide bonds. The Hall–Kier alpha value is -3.30. The normalized spacial score (nSPS) is 11.1. The number of ether oxygens (including phenoxy) is 1. The summed E-state index contributed by atoms with van der Waals surface area (Å²) >= 11 is 0. The van der Waals surface area contributed by atoms with E-state index in [0.717, 1.165) is 18.2 Å². The smallest absolute Gasteiger partial charge is 0.416 e. The summed E-state index contributed by atoms with van der Waals surface area (Å²) < 4.78 is 42.5. The van der Waals surface area contributed by atoms with Crippen LogP contribution in [-0.2, 0) is 17.5 Å². The highest BCUT2D eigenvalue weighted by atomic mass is 19.4. The summed E-state index contributed by atoms with van der Waals surface area (Å²) in [4.78, 5) is 22.4. The number of nitrogens with two attached hydrogens (primary N) is 1. The third-order valence-corrected chi connectivity index (χ3v) is 3.60. The van der Waals surface area contributed by atoms with Gasteiger partial charge in [0.2, 0.25) is 0 Å². The van der Waals surface area contributed by atoms with Gasteiger partial charge < -0.3 is 15.8 Å². The van der Waals surface area contributed by atoms with E-state index in [1.54, 1.807) is 6.92 Å². The lowest BCUT2D eigenvalue weighted by molar-refractivity contribution is -0.385. The van der Waals surface area contributed by atoms with Crippen LogP contribution in [0.15, 0.2) is 36.4 Å². The molecule has 0 heterocycles. The van der Waals surface area contributed by atoms with Crippen molar-refractivity contribution in [3.05, 3.63) is 63.2 Å². The van der Waals surface area contributed by atoms with E-state index in [1.807, 2.05) is 0 Å². The summed E-state index contributed by atoms with van der Waals surface area (Å²) in [5.41, 5.74) is 4.74. The number of hydrogen-bond acceptors (Lipinski definition) is 6. The number of anilines is 2. The van der Waals surface area contributed by atoms with Crippen LogP contribution < -0.4 is 11.1 Å². The van der Waals surface area contributed by atoms with Gasteiger partial charge in [-0.25, -0.2) is 4.79 Å². The first-order chi connectivity index (χ1) is 12.6. The van der Waals surface area contributed by atoms with Gasteiger partial charge in [-0.15, -0.1) is 0 Å². The van der Waals surface area contributed by atoms with Crippen LogP contribution in [0.1, 0.15) is 28.4 Å². The number of nitro groups is 1. The first-order valence-electron chi connectivity index (χ1n) is 7.78. The number of carbonyl (C=O) groups excluding carboxylic acids is 1. The Morgan fingerprint density at radius 3 is 2.41 bits per heavy atom. The van der Waals surface area contributed by atoms with E-state index >= 15 is 0 Å². The number of nitro benzene ring substituents is 1. The average molecular weight is 383 g/mol. The maximum absolute atomic E-state index is 12.6. The average Bonchev–Trinajstić information content (AvgIpc) is 2.59. The summed E-state index contributed by atoms with van der Waals surface area (Å²) in [6.07, 6.45) is -4.43. The second-order valence-electron chi connectivity index (χ2n) is 5.49. The van der Waals surface area contributed by atoms with Crippen LogP contribution in [0.2, 0.25) is 0 Å². The molecule has 144 valence electrons. The zero-order valence-electron chi connectivity index (χ0n) is 14.2. The van der Waals surface area contributed by atoms with Crippen LogP contribution in [0.4, 0.5) is 30.2 Å².